The molecule has 5 rings (SSSR count). The van der Waals surface area contributed by atoms with E-state index in [2.05, 4.69) is 52.5 Å². The first-order valence-electron chi connectivity index (χ1n) is 11.9. The van der Waals surface area contributed by atoms with Crippen molar-refractivity contribution in [1.29, 1.82) is 0 Å². The zero-order chi connectivity index (χ0) is 24.2. The van der Waals surface area contributed by atoms with Gasteiger partial charge in [0.1, 0.15) is 0 Å². The van der Waals surface area contributed by atoms with E-state index in [-0.39, 0.29) is 12.1 Å². The van der Waals surface area contributed by atoms with Crippen molar-refractivity contribution < 1.29 is 9.53 Å². The van der Waals surface area contributed by atoms with Gasteiger partial charge in [0.15, 0.2) is 4.96 Å². The van der Waals surface area contributed by atoms with Gasteiger partial charge in [0.05, 0.1) is 11.8 Å². The number of hydrogen-bond donors (Lipinski definition) is 1. The third-order valence-electron chi connectivity index (χ3n) is 6.35. The molecule has 1 unspecified atom stereocenters. The molecule has 6 nitrogen and oxygen atoms in total. The van der Waals surface area contributed by atoms with Gasteiger partial charge in [-0.2, -0.15) is 0 Å². The molecule has 0 bridgehead atoms. The van der Waals surface area contributed by atoms with E-state index in [4.69, 9.17) is 9.72 Å². The predicted octanol–water partition coefficient (Wildman–Crippen LogP) is 6.35. The summed E-state index contributed by atoms with van der Waals surface area (Å²) < 4.78 is 8.00. The van der Waals surface area contributed by atoms with Crippen LogP contribution in [0.5, 0.6) is 0 Å². The molecule has 1 fully saturated rings. The molecule has 2 aromatic heterocycles. The summed E-state index contributed by atoms with van der Waals surface area (Å²) in [7, 11) is 0. The van der Waals surface area contributed by atoms with Crippen LogP contribution in [0.2, 0.25) is 0 Å². The number of urea groups is 1. The fourth-order valence-electron chi connectivity index (χ4n) is 4.31. The number of hydrogen-bond acceptors (Lipinski definition) is 5. The lowest BCUT2D eigenvalue weighted by Gasteiger charge is -2.25. The van der Waals surface area contributed by atoms with Crippen LogP contribution < -0.4 is 5.32 Å². The van der Waals surface area contributed by atoms with Crippen LogP contribution >= 0.6 is 23.1 Å². The molecule has 8 heteroatoms. The quantitative estimate of drug-likeness (QED) is 0.283. The first-order chi connectivity index (χ1) is 17.1. The van der Waals surface area contributed by atoms with Gasteiger partial charge in [0, 0.05) is 59.5 Å². The lowest BCUT2D eigenvalue weighted by atomic mass is 10.1. The van der Waals surface area contributed by atoms with Gasteiger partial charge in [0.25, 0.3) is 0 Å². The van der Waals surface area contributed by atoms with Crippen molar-refractivity contribution in [3.8, 4) is 11.3 Å². The zero-order valence-electron chi connectivity index (χ0n) is 20.1. The van der Waals surface area contributed by atoms with Gasteiger partial charge in [0.2, 0.25) is 0 Å². The highest BCUT2D eigenvalue weighted by Gasteiger charge is 2.23. The fraction of sp³-hybridized carbons (Fsp3) is 0.333. The molecule has 0 spiro atoms. The molecular weight excluding hydrogens is 476 g/mol. The third kappa shape index (κ3) is 5.72. The van der Waals surface area contributed by atoms with Crippen molar-refractivity contribution in [2.45, 2.75) is 37.2 Å². The number of thioether (sulfide) groups is 1. The molecule has 1 saturated heterocycles. The SMILES string of the molecule is CSc1ccc(NC(=O)N(CCc2csc3nc(-c4ccc(C)cc4)cn23)CC2CCCO2)cc1. The molecular formula is C27H30N4O2S2. The second-order valence-electron chi connectivity index (χ2n) is 8.86. The molecule has 35 heavy (non-hydrogen) atoms. The minimum Gasteiger partial charge on any atom is -0.376 e. The summed E-state index contributed by atoms with van der Waals surface area (Å²) in [5, 5.41) is 5.21. The number of nitrogens with zero attached hydrogens (tertiary/aromatic N) is 3. The van der Waals surface area contributed by atoms with Crippen LogP contribution in [0.3, 0.4) is 0 Å². The van der Waals surface area contributed by atoms with Crippen LogP contribution in [0.4, 0.5) is 10.5 Å². The Balaban J connectivity index is 1.30. The molecule has 1 atom stereocenters. The van der Waals surface area contributed by atoms with E-state index in [9.17, 15) is 4.79 Å². The number of imidazole rings is 1. The second-order valence-corrected chi connectivity index (χ2v) is 10.6. The van der Waals surface area contributed by atoms with Crippen LogP contribution in [0, 0.1) is 6.92 Å². The number of anilines is 1. The third-order valence-corrected chi connectivity index (χ3v) is 7.98. The number of thiazole rings is 1. The Morgan fingerprint density at radius 2 is 2.03 bits per heavy atom. The standard InChI is InChI=1S/C27H30N4O2S2/c1-19-5-7-20(8-6-19)25-17-31-22(18-35-27(31)29-25)13-14-30(16-23-4-3-15-33-23)26(32)28-21-9-11-24(34-2)12-10-21/h5-12,17-18,23H,3-4,13-16H2,1-2H3,(H,28,32). The monoisotopic (exact) mass is 506 g/mol. The molecule has 0 radical (unpaired) electrons. The molecule has 2 aromatic carbocycles. The second kappa shape index (κ2) is 10.8. The largest absolute Gasteiger partial charge is 0.376 e. The molecule has 1 N–H and O–H groups in total. The maximum absolute atomic E-state index is 13.2. The Morgan fingerprint density at radius 3 is 2.74 bits per heavy atom. The number of benzene rings is 2. The molecule has 2 amide bonds. The number of amides is 2. The van der Waals surface area contributed by atoms with Crippen LogP contribution in [0.15, 0.2) is 65.0 Å². The highest BCUT2D eigenvalue weighted by atomic mass is 32.2. The highest BCUT2D eigenvalue weighted by Crippen LogP contribution is 2.25. The van der Waals surface area contributed by atoms with E-state index in [1.807, 2.05) is 35.4 Å². The van der Waals surface area contributed by atoms with E-state index < -0.39 is 0 Å². The molecule has 182 valence electrons. The lowest BCUT2D eigenvalue weighted by molar-refractivity contribution is 0.0838. The minimum absolute atomic E-state index is 0.0881. The molecule has 0 saturated carbocycles. The van der Waals surface area contributed by atoms with Crippen LogP contribution in [-0.4, -0.2) is 52.4 Å². The van der Waals surface area contributed by atoms with Gasteiger partial charge in [-0.15, -0.1) is 23.1 Å². The summed E-state index contributed by atoms with van der Waals surface area (Å²) in [6.45, 7) is 4.07. The van der Waals surface area contributed by atoms with Gasteiger partial charge in [-0.05, 0) is 50.3 Å². The van der Waals surface area contributed by atoms with E-state index >= 15 is 0 Å². The Hall–Kier alpha value is -2.81. The summed E-state index contributed by atoms with van der Waals surface area (Å²) >= 11 is 3.32. The average Bonchev–Trinajstić information content (AvgIpc) is 3.61. The Bertz CT molecular complexity index is 1280. The number of carbonyl (C=O) groups is 1. The minimum atomic E-state index is -0.0881. The highest BCUT2D eigenvalue weighted by molar-refractivity contribution is 7.98. The van der Waals surface area contributed by atoms with Crippen LogP contribution in [0.25, 0.3) is 16.2 Å². The first-order valence-corrected chi connectivity index (χ1v) is 14.0. The summed E-state index contributed by atoms with van der Waals surface area (Å²) in [5.41, 5.74) is 5.29. The van der Waals surface area contributed by atoms with Crippen LogP contribution in [0.1, 0.15) is 24.1 Å². The summed E-state index contributed by atoms with van der Waals surface area (Å²) in [5.74, 6) is 0. The number of aromatic nitrogens is 2. The zero-order valence-corrected chi connectivity index (χ0v) is 21.7. The van der Waals surface area contributed by atoms with Crippen molar-refractivity contribution in [1.82, 2.24) is 14.3 Å². The van der Waals surface area contributed by atoms with Gasteiger partial charge < -0.3 is 15.0 Å². The van der Waals surface area contributed by atoms with Gasteiger partial charge in [-0.1, -0.05) is 29.8 Å². The Morgan fingerprint density at radius 1 is 1.23 bits per heavy atom. The number of aryl methyl sites for hydroxylation is 1. The van der Waals surface area contributed by atoms with Crippen molar-refractivity contribution in [2.24, 2.45) is 0 Å². The fourth-order valence-corrected chi connectivity index (χ4v) is 5.62. The molecule has 1 aliphatic rings. The van der Waals surface area contributed by atoms with E-state index in [1.165, 1.54) is 10.5 Å². The van der Waals surface area contributed by atoms with Crippen LogP contribution in [-0.2, 0) is 11.2 Å². The summed E-state index contributed by atoms with van der Waals surface area (Å²) in [6, 6.07) is 16.3. The number of fused-ring (bicyclic) bond motifs is 1. The smallest absolute Gasteiger partial charge is 0.321 e. The molecule has 0 aliphatic carbocycles. The van der Waals surface area contributed by atoms with E-state index in [1.54, 1.807) is 23.1 Å². The van der Waals surface area contributed by atoms with Gasteiger partial charge >= 0.3 is 6.03 Å². The van der Waals surface area contributed by atoms with E-state index in [0.717, 1.165) is 53.5 Å². The Labute approximate surface area is 214 Å². The maximum atomic E-state index is 13.2. The average molecular weight is 507 g/mol. The molecule has 4 aromatic rings. The first kappa shape index (κ1) is 23.9. The topological polar surface area (TPSA) is 58.9 Å². The van der Waals surface area contributed by atoms with E-state index in [0.29, 0.717) is 13.1 Å². The predicted molar refractivity (Wildman–Crippen MR) is 145 cm³/mol. The Kier molecular flexibility index (Phi) is 7.41. The van der Waals surface area contributed by atoms with Crippen molar-refractivity contribution >= 4 is 39.8 Å². The van der Waals surface area contributed by atoms with Gasteiger partial charge in [-0.3, -0.25) is 4.40 Å². The normalized spacial score (nSPS) is 15.5. The van der Waals surface area contributed by atoms with Crippen molar-refractivity contribution in [2.75, 3.05) is 31.3 Å². The number of rotatable bonds is 8. The van der Waals surface area contributed by atoms with Crippen molar-refractivity contribution in [3.05, 3.63) is 71.4 Å². The maximum Gasteiger partial charge on any atom is 0.321 e. The summed E-state index contributed by atoms with van der Waals surface area (Å²) in [4.78, 5) is 22.1. The van der Waals surface area contributed by atoms with Crippen molar-refractivity contribution in [3.63, 3.8) is 0 Å². The number of ether oxygens (including phenoxy) is 1. The summed E-state index contributed by atoms with van der Waals surface area (Å²) in [6.07, 6.45) is 7.04. The van der Waals surface area contributed by atoms with Gasteiger partial charge in [-0.25, -0.2) is 9.78 Å². The number of carbonyl (C=O) groups excluding carboxylic acids is 1. The molecule has 3 heterocycles. The number of nitrogens with one attached hydrogen (secondary N) is 1. The lowest BCUT2D eigenvalue weighted by Crippen LogP contribution is -2.41. The molecule has 1 aliphatic heterocycles.